The molecular formula is C17H18BrN3O6. The summed E-state index contributed by atoms with van der Waals surface area (Å²) >= 11 is 3.26. The molecule has 0 unspecified atom stereocenters. The van der Waals surface area contributed by atoms with E-state index in [4.69, 9.17) is 0 Å². The lowest BCUT2D eigenvalue weighted by atomic mass is 9.56. The normalized spacial score (nSPS) is 29.9. The van der Waals surface area contributed by atoms with Crippen LogP contribution in [0.3, 0.4) is 0 Å². The summed E-state index contributed by atoms with van der Waals surface area (Å²) in [6.07, 6.45) is -0.399. The van der Waals surface area contributed by atoms with E-state index in [1.807, 2.05) is 0 Å². The molecule has 1 aliphatic carbocycles. The van der Waals surface area contributed by atoms with E-state index in [1.54, 1.807) is 11.0 Å². The van der Waals surface area contributed by atoms with Gasteiger partial charge in [0.05, 0.1) is 13.1 Å². The van der Waals surface area contributed by atoms with Gasteiger partial charge in [-0.25, -0.2) is 0 Å². The maximum absolute atomic E-state index is 13.3. The Morgan fingerprint density at radius 1 is 1.22 bits per heavy atom. The van der Waals surface area contributed by atoms with Gasteiger partial charge in [-0.3, -0.25) is 29.9 Å². The number of hydrogen-bond acceptors (Lipinski definition) is 7. The average molecular weight is 440 g/mol. The number of nitrogens with zero attached hydrogens (tertiary/aromatic N) is 3. The van der Waals surface area contributed by atoms with Crippen molar-refractivity contribution in [2.24, 2.45) is 5.92 Å². The second-order valence-electron chi connectivity index (χ2n) is 7.10. The molecular weight excluding hydrogens is 422 g/mol. The summed E-state index contributed by atoms with van der Waals surface area (Å²) in [5.74, 6) is -2.52. The van der Waals surface area contributed by atoms with Gasteiger partial charge in [0, 0.05) is 39.3 Å². The SMILES string of the molecule is CC(=O)C[C@H]1[C@]2([N+](=O)[O-])CN(CCBr)C[C@@]1([N+](=O)[O-])c1ccccc1C2=O. The van der Waals surface area contributed by atoms with E-state index in [-0.39, 0.29) is 24.2 Å². The standard InChI is InChI=1S/C17H18BrN3O6/c1-11(22)8-14-16(20(24)25)9-19(7-6-18)10-17(14,21(26)27)15(23)12-4-2-3-5-13(12)16/h2-5,14H,6-10H2,1H3/t14-,16-,17-/m1/s1. The maximum Gasteiger partial charge on any atom is 0.306 e. The number of Topliss-reactive ketones (excluding diaryl/α,β-unsaturated/α-hetero) is 2. The molecule has 0 N–H and O–H groups in total. The van der Waals surface area contributed by atoms with Gasteiger partial charge in [0.25, 0.3) is 5.54 Å². The molecule has 2 aliphatic rings. The number of rotatable bonds is 6. The van der Waals surface area contributed by atoms with Crippen molar-refractivity contribution in [1.29, 1.82) is 0 Å². The molecule has 1 aromatic rings. The highest BCUT2D eigenvalue weighted by atomic mass is 79.9. The largest absolute Gasteiger partial charge is 0.306 e. The minimum Gasteiger partial charge on any atom is -0.300 e. The minimum absolute atomic E-state index is 0.00388. The summed E-state index contributed by atoms with van der Waals surface area (Å²) in [6, 6.07) is 5.99. The van der Waals surface area contributed by atoms with Gasteiger partial charge >= 0.3 is 5.54 Å². The highest BCUT2D eigenvalue weighted by Crippen LogP contribution is 2.53. The first-order valence-electron chi connectivity index (χ1n) is 8.43. The number of alkyl halides is 1. The van der Waals surface area contributed by atoms with Gasteiger partial charge in [-0.2, -0.15) is 0 Å². The molecule has 0 saturated carbocycles. The molecule has 1 fully saturated rings. The summed E-state index contributed by atoms with van der Waals surface area (Å²) in [4.78, 5) is 50.1. The second kappa shape index (κ2) is 6.75. The number of carbonyl (C=O) groups is 2. The van der Waals surface area contributed by atoms with E-state index in [9.17, 15) is 29.8 Å². The number of likely N-dealkylation sites (tertiary alicyclic amines) is 1. The molecule has 0 radical (unpaired) electrons. The lowest BCUT2D eigenvalue weighted by molar-refractivity contribution is -0.640. The fraction of sp³-hybridized carbons (Fsp3) is 0.529. The fourth-order valence-corrected chi connectivity index (χ4v) is 5.10. The van der Waals surface area contributed by atoms with Crippen LogP contribution in [0.15, 0.2) is 24.3 Å². The first kappa shape index (κ1) is 19.6. The van der Waals surface area contributed by atoms with Crippen LogP contribution < -0.4 is 0 Å². The van der Waals surface area contributed by atoms with Crippen LogP contribution in [-0.2, 0) is 10.3 Å². The Hall–Kier alpha value is -2.20. The summed E-state index contributed by atoms with van der Waals surface area (Å²) in [6.45, 7) is 1.20. The van der Waals surface area contributed by atoms with Crippen LogP contribution in [0.5, 0.6) is 0 Å². The summed E-state index contributed by atoms with van der Waals surface area (Å²) in [5, 5.41) is 25.1. The van der Waals surface area contributed by atoms with Gasteiger partial charge in [0.1, 0.15) is 11.7 Å². The molecule has 1 heterocycles. The Morgan fingerprint density at radius 2 is 1.81 bits per heavy atom. The number of halogens is 1. The van der Waals surface area contributed by atoms with Gasteiger partial charge < -0.3 is 4.79 Å². The van der Waals surface area contributed by atoms with Gasteiger partial charge in [-0.15, -0.1) is 0 Å². The van der Waals surface area contributed by atoms with E-state index in [0.29, 0.717) is 11.9 Å². The van der Waals surface area contributed by atoms with Crippen molar-refractivity contribution in [1.82, 2.24) is 4.90 Å². The second-order valence-corrected chi connectivity index (χ2v) is 7.89. The number of ketones is 2. The number of hydrogen-bond donors (Lipinski definition) is 0. The molecule has 1 aromatic carbocycles. The highest BCUT2D eigenvalue weighted by molar-refractivity contribution is 9.09. The van der Waals surface area contributed by atoms with Crippen molar-refractivity contribution in [3.8, 4) is 0 Å². The monoisotopic (exact) mass is 439 g/mol. The maximum atomic E-state index is 13.3. The number of fused-ring (bicyclic) bond motifs is 4. The highest BCUT2D eigenvalue weighted by Gasteiger charge is 2.77. The van der Waals surface area contributed by atoms with Crippen molar-refractivity contribution in [3.05, 3.63) is 55.6 Å². The number of nitro groups is 2. The average Bonchev–Trinajstić information content (AvgIpc) is 2.60. The first-order valence-corrected chi connectivity index (χ1v) is 9.55. The summed E-state index contributed by atoms with van der Waals surface area (Å²) in [7, 11) is 0. The van der Waals surface area contributed by atoms with Crippen LogP contribution >= 0.6 is 15.9 Å². The third kappa shape index (κ3) is 2.61. The molecule has 3 atom stereocenters. The molecule has 144 valence electrons. The number of piperidine rings is 1. The van der Waals surface area contributed by atoms with Crippen LogP contribution in [0.25, 0.3) is 0 Å². The molecule has 0 aromatic heterocycles. The van der Waals surface area contributed by atoms with Crippen molar-refractivity contribution in [2.45, 2.75) is 24.4 Å². The topological polar surface area (TPSA) is 124 Å². The van der Waals surface area contributed by atoms with E-state index in [0.717, 1.165) is 0 Å². The Morgan fingerprint density at radius 3 is 2.37 bits per heavy atom. The Labute approximate surface area is 163 Å². The molecule has 0 amide bonds. The van der Waals surface area contributed by atoms with Gasteiger partial charge in [-0.05, 0) is 6.92 Å². The smallest absolute Gasteiger partial charge is 0.300 e. The van der Waals surface area contributed by atoms with Crippen molar-refractivity contribution >= 4 is 27.5 Å². The van der Waals surface area contributed by atoms with Crippen molar-refractivity contribution in [2.75, 3.05) is 25.0 Å². The van der Waals surface area contributed by atoms with Crippen molar-refractivity contribution < 1.29 is 19.4 Å². The predicted octanol–water partition coefficient (Wildman–Crippen LogP) is 1.68. The van der Waals surface area contributed by atoms with Crippen LogP contribution in [0.2, 0.25) is 0 Å². The van der Waals surface area contributed by atoms with Gasteiger partial charge in [0.15, 0.2) is 0 Å². The van der Waals surface area contributed by atoms with Crippen LogP contribution in [0.4, 0.5) is 0 Å². The third-order valence-electron chi connectivity index (χ3n) is 5.66. The van der Waals surface area contributed by atoms with Crippen LogP contribution in [0, 0.1) is 26.1 Å². The molecule has 2 bridgehead atoms. The zero-order chi connectivity index (χ0) is 20.0. The Kier molecular flexibility index (Phi) is 4.89. The molecule has 10 heteroatoms. The fourth-order valence-electron chi connectivity index (χ4n) is 4.60. The van der Waals surface area contributed by atoms with E-state index >= 15 is 0 Å². The molecule has 3 rings (SSSR count). The first-order chi connectivity index (χ1) is 12.7. The lowest BCUT2D eigenvalue weighted by Crippen LogP contribution is -2.75. The number of benzene rings is 1. The van der Waals surface area contributed by atoms with Gasteiger partial charge in [0.2, 0.25) is 5.78 Å². The van der Waals surface area contributed by atoms with E-state index in [1.165, 1.54) is 25.1 Å². The molecule has 9 nitrogen and oxygen atoms in total. The summed E-state index contributed by atoms with van der Waals surface area (Å²) in [5.41, 5.74) is -3.97. The third-order valence-corrected chi connectivity index (χ3v) is 6.01. The minimum atomic E-state index is -2.23. The number of carbonyl (C=O) groups excluding carboxylic acids is 2. The Balaban J connectivity index is 2.39. The van der Waals surface area contributed by atoms with E-state index < -0.39 is 44.8 Å². The molecule has 0 spiro atoms. The predicted molar refractivity (Wildman–Crippen MR) is 98.2 cm³/mol. The van der Waals surface area contributed by atoms with E-state index in [2.05, 4.69) is 15.9 Å². The lowest BCUT2D eigenvalue weighted by Gasteiger charge is -2.50. The zero-order valence-electron chi connectivity index (χ0n) is 14.6. The summed E-state index contributed by atoms with van der Waals surface area (Å²) < 4.78 is 0. The van der Waals surface area contributed by atoms with Crippen LogP contribution in [-0.4, -0.2) is 56.8 Å². The quantitative estimate of drug-likeness (QED) is 0.375. The van der Waals surface area contributed by atoms with Crippen molar-refractivity contribution in [3.63, 3.8) is 0 Å². The zero-order valence-corrected chi connectivity index (χ0v) is 16.2. The molecule has 1 saturated heterocycles. The van der Waals surface area contributed by atoms with Crippen LogP contribution in [0.1, 0.15) is 29.3 Å². The van der Waals surface area contributed by atoms with Gasteiger partial charge in [-0.1, -0.05) is 40.2 Å². The molecule has 27 heavy (non-hydrogen) atoms. The molecule has 1 aliphatic heterocycles. The Bertz CT molecular complexity index is 846.